The van der Waals surface area contributed by atoms with Crippen molar-refractivity contribution in [1.29, 1.82) is 0 Å². The summed E-state index contributed by atoms with van der Waals surface area (Å²) < 4.78 is 11.6. The van der Waals surface area contributed by atoms with Crippen LogP contribution in [0.4, 0.5) is 4.79 Å². The zero-order valence-corrected chi connectivity index (χ0v) is 18.6. The van der Waals surface area contributed by atoms with Gasteiger partial charge in [0.25, 0.3) is 0 Å². The number of alkyl carbamates (subject to hydrolysis) is 1. The number of nitrogens with one attached hydrogen (secondary N) is 1. The van der Waals surface area contributed by atoms with Crippen LogP contribution in [-0.4, -0.2) is 18.8 Å². The van der Waals surface area contributed by atoms with Crippen molar-refractivity contribution in [3.63, 3.8) is 0 Å². The van der Waals surface area contributed by atoms with Gasteiger partial charge in [-0.05, 0) is 72.4 Å². The molecule has 2 aromatic rings. The van der Waals surface area contributed by atoms with Crippen molar-refractivity contribution in [2.24, 2.45) is 11.3 Å². The highest BCUT2D eigenvalue weighted by Crippen LogP contribution is 2.40. The molecule has 1 saturated carbocycles. The molecule has 1 amide bonds. The Morgan fingerprint density at radius 2 is 1.90 bits per heavy atom. The van der Waals surface area contributed by atoms with E-state index in [9.17, 15) is 4.79 Å². The maximum atomic E-state index is 11.5. The predicted octanol–water partition coefficient (Wildman–Crippen LogP) is 6.42. The Labute approximate surface area is 179 Å². The van der Waals surface area contributed by atoms with Crippen LogP contribution in [0.5, 0.6) is 5.75 Å². The molecule has 4 heteroatoms. The zero-order chi connectivity index (χ0) is 21.5. The van der Waals surface area contributed by atoms with Gasteiger partial charge < -0.3 is 14.8 Å². The molecule has 1 heterocycles. The largest absolute Gasteiger partial charge is 0.490 e. The van der Waals surface area contributed by atoms with Crippen molar-refractivity contribution in [3.8, 4) is 5.75 Å². The Balaban J connectivity index is 1.56. The lowest BCUT2D eigenvalue weighted by Gasteiger charge is -2.37. The second kappa shape index (κ2) is 7.64. The number of carbonyl (C=O) groups is 1. The molecule has 4 rings (SSSR count). The minimum Gasteiger partial charge on any atom is -0.490 e. The lowest BCUT2D eigenvalue weighted by Crippen LogP contribution is -2.37. The van der Waals surface area contributed by atoms with E-state index < -0.39 is 5.54 Å². The quantitative estimate of drug-likeness (QED) is 0.636. The molecule has 1 aliphatic carbocycles. The third-order valence-corrected chi connectivity index (χ3v) is 6.93. The first-order valence-electron chi connectivity index (χ1n) is 11.0. The Bertz CT molecular complexity index is 966. The van der Waals surface area contributed by atoms with E-state index >= 15 is 0 Å². The van der Waals surface area contributed by atoms with Crippen LogP contribution in [0.15, 0.2) is 36.9 Å². The third kappa shape index (κ3) is 3.92. The van der Waals surface area contributed by atoms with E-state index in [4.69, 9.17) is 9.47 Å². The van der Waals surface area contributed by atoms with Crippen LogP contribution in [0.1, 0.15) is 64.5 Å². The van der Waals surface area contributed by atoms with E-state index in [-0.39, 0.29) is 12.2 Å². The summed E-state index contributed by atoms with van der Waals surface area (Å²) in [6.07, 6.45) is 6.45. The van der Waals surface area contributed by atoms with E-state index in [0.717, 1.165) is 46.4 Å². The summed E-state index contributed by atoms with van der Waals surface area (Å²) >= 11 is 0. The fourth-order valence-electron chi connectivity index (χ4n) is 4.88. The molecule has 2 fully saturated rings. The lowest BCUT2D eigenvalue weighted by atomic mass is 9.72. The molecule has 1 atom stereocenters. The van der Waals surface area contributed by atoms with Gasteiger partial charge in [0, 0.05) is 5.56 Å². The van der Waals surface area contributed by atoms with Gasteiger partial charge >= 0.3 is 6.09 Å². The topological polar surface area (TPSA) is 47.6 Å². The Morgan fingerprint density at radius 1 is 1.17 bits per heavy atom. The smallest absolute Gasteiger partial charge is 0.408 e. The Kier molecular flexibility index (Phi) is 5.29. The average molecular weight is 408 g/mol. The number of rotatable bonds is 4. The van der Waals surface area contributed by atoms with Crippen molar-refractivity contribution in [1.82, 2.24) is 5.32 Å². The maximum Gasteiger partial charge on any atom is 0.408 e. The van der Waals surface area contributed by atoms with Gasteiger partial charge in [-0.1, -0.05) is 51.6 Å². The first kappa shape index (κ1) is 20.8. The van der Waals surface area contributed by atoms with Crippen molar-refractivity contribution < 1.29 is 14.3 Å². The molecular formula is C26H33NO3. The molecule has 0 aromatic heterocycles. The van der Waals surface area contributed by atoms with Gasteiger partial charge in [0.15, 0.2) is 0 Å². The van der Waals surface area contributed by atoms with Gasteiger partial charge in [0.1, 0.15) is 12.4 Å². The molecule has 0 radical (unpaired) electrons. The molecule has 1 aliphatic heterocycles. The zero-order valence-electron chi connectivity index (χ0n) is 18.6. The molecule has 2 aromatic carbocycles. The van der Waals surface area contributed by atoms with Crippen molar-refractivity contribution >= 4 is 22.9 Å². The number of ether oxygens (including phenoxy) is 2. The highest BCUT2D eigenvalue weighted by Gasteiger charge is 2.36. The summed E-state index contributed by atoms with van der Waals surface area (Å²) in [5.74, 6) is 1.68. The van der Waals surface area contributed by atoms with Gasteiger partial charge in [0.2, 0.25) is 0 Å². The first-order chi connectivity index (χ1) is 14.2. The lowest BCUT2D eigenvalue weighted by molar-refractivity contribution is 0.0882. The Hall–Kier alpha value is -2.49. The molecule has 30 heavy (non-hydrogen) atoms. The second-order valence-corrected chi connectivity index (χ2v) is 10.1. The molecule has 2 aliphatic rings. The fourth-order valence-corrected chi connectivity index (χ4v) is 4.88. The highest BCUT2D eigenvalue weighted by atomic mass is 16.6. The monoisotopic (exact) mass is 407 g/mol. The van der Waals surface area contributed by atoms with Crippen LogP contribution in [0.25, 0.3) is 16.8 Å². The number of benzene rings is 2. The summed E-state index contributed by atoms with van der Waals surface area (Å²) in [7, 11) is 0. The molecule has 0 spiro atoms. The number of cyclic esters (lactones) is 1. The number of amides is 1. The summed E-state index contributed by atoms with van der Waals surface area (Å²) in [5.41, 5.74) is 1.94. The molecule has 1 saturated heterocycles. The number of hydrogen-bond acceptors (Lipinski definition) is 3. The van der Waals surface area contributed by atoms with Crippen molar-refractivity contribution in [3.05, 3.63) is 48.0 Å². The summed E-state index contributed by atoms with van der Waals surface area (Å²) in [6, 6.07) is 10.4. The van der Waals surface area contributed by atoms with Crippen molar-refractivity contribution in [2.75, 3.05) is 6.61 Å². The summed E-state index contributed by atoms with van der Waals surface area (Å²) in [5, 5.41) is 5.13. The fraction of sp³-hybridized carbons (Fsp3) is 0.500. The van der Waals surface area contributed by atoms with Gasteiger partial charge in [-0.3, -0.25) is 0 Å². The van der Waals surface area contributed by atoms with Crippen LogP contribution in [0, 0.1) is 11.3 Å². The minimum atomic E-state index is -0.500. The van der Waals surface area contributed by atoms with Gasteiger partial charge in [-0.15, -0.1) is 0 Å². The normalized spacial score (nSPS) is 26.9. The molecule has 160 valence electrons. The maximum absolute atomic E-state index is 11.5. The first-order valence-corrected chi connectivity index (χ1v) is 11.0. The van der Waals surface area contributed by atoms with Crippen LogP contribution in [-0.2, 0) is 10.3 Å². The number of carbonyl (C=O) groups excluding carboxylic acids is 1. The number of hydrogen-bond donors (Lipinski definition) is 1. The SMILES string of the molecule is C=Cc1c(OC2CCC(C(C)(C)C)CC2)ccc2cc(C3(C)COC(=O)N3)ccc12. The summed E-state index contributed by atoms with van der Waals surface area (Å²) in [4.78, 5) is 11.5. The average Bonchev–Trinajstić information content (AvgIpc) is 3.07. The van der Waals surface area contributed by atoms with Crippen molar-refractivity contribution in [2.45, 2.75) is 65.0 Å². The van der Waals surface area contributed by atoms with E-state index in [0.29, 0.717) is 12.0 Å². The van der Waals surface area contributed by atoms with Gasteiger partial charge in [-0.2, -0.15) is 0 Å². The van der Waals surface area contributed by atoms with Gasteiger partial charge in [-0.25, -0.2) is 4.79 Å². The van der Waals surface area contributed by atoms with E-state index in [1.807, 2.05) is 13.0 Å². The highest BCUT2D eigenvalue weighted by molar-refractivity contribution is 5.93. The molecule has 1 N–H and O–H groups in total. The predicted molar refractivity (Wildman–Crippen MR) is 122 cm³/mol. The van der Waals surface area contributed by atoms with Crippen LogP contribution >= 0.6 is 0 Å². The third-order valence-electron chi connectivity index (χ3n) is 6.93. The van der Waals surface area contributed by atoms with Gasteiger partial charge in [0.05, 0.1) is 11.6 Å². The summed E-state index contributed by atoms with van der Waals surface area (Å²) in [6.45, 7) is 13.4. The van der Waals surface area contributed by atoms with E-state index in [2.05, 4.69) is 63.0 Å². The van der Waals surface area contributed by atoms with E-state index in [1.54, 1.807) is 0 Å². The molecule has 0 bridgehead atoms. The van der Waals surface area contributed by atoms with Crippen LogP contribution in [0.2, 0.25) is 0 Å². The number of fused-ring (bicyclic) bond motifs is 1. The molecule has 1 unspecified atom stereocenters. The standard InChI is InChI=1S/C26H33NO3/c1-6-21-22-13-10-19(26(5)16-29-24(28)27-26)15-17(22)7-14-23(21)30-20-11-8-18(9-12-20)25(2,3)4/h6-7,10,13-15,18,20H,1,8-9,11-12,16H2,2-5H3,(H,27,28). The molecular weight excluding hydrogens is 374 g/mol. The minimum absolute atomic E-state index is 0.267. The Morgan fingerprint density at radius 3 is 2.50 bits per heavy atom. The molecule has 4 nitrogen and oxygen atoms in total. The van der Waals surface area contributed by atoms with E-state index in [1.165, 1.54) is 12.8 Å². The van der Waals surface area contributed by atoms with Crippen LogP contribution < -0.4 is 10.1 Å². The van der Waals surface area contributed by atoms with Crippen LogP contribution in [0.3, 0.4) is 0 Å². The second-order valence-electron chi connectivity index (χ2n) is 10.1.